The minimum absolute atomic E-state index is 0.0289. The normalized spacial score (nSPS) is 13.9. The molecular weight excluding hydrogens is 384 g/mol. The summed E-state index contributed by atoms with van der Waals surface area (Å²) in [6.07, 6.45) is 6.48. The standard InChI is InChI=1S/C27H32N2O2/c1-4-7-17-29-27(31)23-12-9-11-21-20(6-3)24-18-19(14-15-22(24)26(21)23)10-8-13-25(30)28-16-5-2/h4,9,11-12,14-15,18,20H,1-2,5-8,10,13,16-17H2,3H3,(H-,28,29,30,31)/p+1. The van der Waals surface area contributed by atoms with E-state index in [4.69, 9.17) is 0 Å². The molecule has 0 heterocycles. The van der Waals surface area contributed by atoms with Crippen molar-refractivity contribution in [3.05, 3.63) is 78.2 Å². The molecule has 0 spiro atoms. The molecule has 1 aliphatic rings. The van der Waals surface area contributed by atoms with Crippen LogP contribution < -0.4 is 10.6 Å². The molecule has 0 saturated heterocycles. The molecule has 3 rings (SSSR count). The number of fused-ring (bicyclic) bond motifs is 3. The third kappa shape index (κ3) is 5.19. The van der Waals surface area contributed by atoms with Gasteiger partial charge in [-0.05, 0) is 59.6 Å². The van der Waals surface area contributed by atoms with Crippen molar-refractivity contribution in [1.29, 1.82) is 0 Å². The molecule has 31 heavy (non-hydrogen) atoms. The highest BCUT2D eigenvalue weighted by molar-refractivity contribution is 6.03. The van der Waals surface area contributed by atoms with Gasteiger partial charge in [-0.3, -0.25) is 9.59 Å². The quantitative estimate of drug-likeness (QED) is 0.301. The molecule has 0 saturated carbocycles. The zero-order valence-corrected chi connectivity index (χ0v) is 18.5. The third-order valence-electron chi connectivity index (χ3n) is 5.89. The summed E-state index contributed by atoms with van der Waals surface area (Å²) in [5.41, 5.74) is 6.75. The summed E-state index contributed by atoms with van der Waals surface area (Å²) in [5.74, 6) is 0.362. The van der Waals surface area contributed by atoms with Gasteiger partial charge in [-0.2, -0.15) is 0 Å². The topological polar surface area (TPSA) is 58.2 Å². The molecule has 4 nitrogen and oxygen atoms in total. The highest BCUT2D eigenvalue weighted by atomic mass is 16.2. The molecule has 0 fully saturated rings. The van der Waals surface area contributed by atoms with Crippen molar-refractivity contribution in [1.82, 2.24) is 10.6 Å². The monoisotopic (exact) mass is 417 g/mol. The fraction of sp³-hybridized carbons (Fsp3) is 0.370. The highest BCUT2D eigenvalue weighted by Gasteiger charge is 2.31. The van der Waals surface area contributed by atoms with Crippen molar-refractivity contribution >= 4 is 11.8 Å². The van der Waals surface area contributed by atoms with Crippen LogP contribution in [-0.2, 0) is 11.2 Å². The Morgan fingerprint density at radius 3 is 2.71 bits per heavy atom. The number of carbonyl (C=O) groups excluding carboxylic acids is 2. The second-order valence-electron chi connectivity index (χ2n) is 8.04. The Bertz CT molecular complexity index is 948. The summed E-state index contributed by atoms with van der Waals surface area (Å²) < 4.78 is 0. The Morgan fingerprint density at radius 1 is 1.13 bits per heavy atom. The van der Waals surface area contributed by atoms with Crippen LogP contribution in [0.15, 0.2) is 49.1 Å². The number of nitrogens with one attached hydrogen (secondary N) is 2. The van der Waals surface area contributed by atoms with Gasteiger partial charge in [-0.1, -0.05) is 43.3 Å². The number of benzene rings is 2. The second-order valence-corrected chi connectivity index (χ2v) is 8.04. The van der Waals surface area contributed by atoms with Crippen molar-refractivity contribution in [3.63, 3.8) is 0 Å². The molecule has 2 N–H and O–H groups in total. The zero-order valence-electron chi connectivity index (χ0n) is 18.5. The average molecular weight is 418 g/mol. The van der Waals surface area contributed by atoms with Crippen molar-refractivity contribution < 1.29 is 9.59 Å². The molecule has 2 aromatic carbocycles. The highest BCUT2D eigenvalue weighted by Crippen LogP contribution is 2.48. The fourth-order valence-corrected chi connectivity index (χ4v) is 4.39. The second kappa shape index (κ2) is 10.9. The van der Waals surface area contributed by atoms with E-state index in [0.717, 1.165) is 42.4 Å². The first kappa shape index (κ1) is 22.7. The minimum atomic E-state index is -0.0289. The summed E-state index contributed by atoms with van der Waals surface area (Å²) in [4.78, 5) is 24.7. The molecule has 2 amide bonds. The first-order chi connectivity index (χ1) is 15.1. The molecule has 0 aliphatic heterocycles. The van der Waals surface area contributed by atoms with Gasteiger partial charge in [-0.25, -0.2) is 0 Å². The molecule has 1 aliphatic carbocycles. The summed E-state index contributed by atoms with van der Waals surface area (Å²) in [7, 11) is 0. The lowest BCUT2D eigenvalue weighted by Gasteiger charge is -2.12. The molecule has 1 unspecified atom stereocenters. The van der Waals surface area contributed by atoms with Gasteiger partial charge in [0.25, 0.3) is 5.91 Å². The fourth-order valence-electron chi connectivity index (χ4n) is 4.39. The Labute approximate surface area is 186 Å². The van der Waals surface area contributed by atoms with Crippen LogP contribution >= 0.6 is 0 Å². The van der Waals surface area contributed by atoms with Gasteiger partial charge in [0.05, 0.1) is 13.5 Å². The lowest BCUT2D eigenvalue weighted by atomic mass is 9.92. The first-order valence-electron chi connectivity index (χ1n) is 11.3. The summed E-state index contributed by atoms with van der Waals surface area (Å²) in [6.45, 7) is 10.9. The molecule has 4 heteroatoms. The maximum atomic E-state index is 12.8. The van der Waals surface area contributed by atoms with E-state index < -0.39 is 0 Å². The van der Waals surface area contributed by atoms with E-state index in [0.29, 0.717) is 31.8 Å². The van der Waals surface area contributed by atoms with E-state index in [9.17, 15) is 9.59 Å². The van der Waals surface area contributed by atoms with Crippen LogP contribution in [0.3, 0.4) is 0 Å². The number of hydrogen-bond acceptors (Lipinski definition) is 2. The van der Waals surface area contributed by atoms with Gasteiger partial charge in [0.2, 0.25) is 5.91 Å². The van der Waals surface area contributed by atoms with Crippen LogP contribution in [0.2, 0.25) is 0 Å². The van der Waals surface area contributed by atoms with Crippen LogP contribution in [-0.4, -0.2) is 24.9 Å². The van der Waals surface area contributed by atoms with E-state index in [-0.39, 0.29) is 11.8 Å². The number of amides is 2. The Kier molecular flexibility index (Phi) is 7.94. The summed E-state index contributed by atoms with van der Waals surface area (Å²) >= 11 is 0. The molecule has 2 aromatic rings. The van der Waals surface area contributed by atoms with E-state index in [1.807, 2.05) is 18.2 Å². The van der Waals surface area contributed by atoms with Crippen LogP contribution in [0.5, 0.6) is 0 Å². The van der Waals surface area contributed by atoms with Crippen LogP contribution in [0.1, 0.15) is 72.0 Å². The van der Waals surface area contributed by atoms with Crippen molar-refractivity contribution in [2.45, 2.75) is 51.4 Å². The van der Waals surface area contributed by atoms with E-state index >= 15 is 0 Å². The smallest absolute Gasteiger partial charge is 0.251 e. The minimum Gasteiger partial charge on any atom is -0.352 e. The lowest BCUT2D eigenvalue weighted by Crippen LogP contribution is -2.24. The van der Waals surface area contributed by atoms with Crippen LogP contribution in [0, 0.1) is 6.92 Å². The van der Waals surface area contributed by atoms with E-state index in [1.54, 1.807) is 0 Å². The molecule has 0 aromatic heterocycles. The van der Waals surface area contributed by atoms with Gasteiger partial charge in [-0.15, -0.1) is 6.58 Å². The molecule has 0 radical (unpaired) electrons. The summed E-state index contributed by atoms with van der Waals surface area (Å²) in [6, 6.07) is 12.6. The SMILES string of the molecule is C=CCCNC(=O)c1cccc2c1-c1ccc(CCCC(=O)NCC[CH2+])cc1C2CC. The summed E-state index contributed by atoms with van der Waals surface area (Å²) in [5, 5.41) is 5.88. The zero-order chi connectivity index (χ0) is 22.2. The molecule has 0 bridgehead atoms. The van der Waals surface area contributed by atoms with Gasteiger partial charge in [0.15, 0.2) is 0 Å². The van der Waals surface area contributed by atoms with Gasteiger partial charge in [0.1, 0.15) is 6.42 Å². The van der Waals surface area contributed by atoms with E-state index in [2.05, 4.69) is 55.3 Å². The number of hydrogen-bond donors (Lipinski definition) is 2. The predicted molar refractivity (Wildman–Crippen MR) is 127 cm³/mol. The average Bonchev–Trinajstić information content (AvgIpc) is 3.10. The maximum absolute atomic E-state index is 12.8. The van der Waals surface area contributed by atoms with Crippen molar-refractivity contribution in [2.75, 3.05) is 13.1 Å². The van der Waals surface area contributed by atoms with Crippen molar-refractivity contribution in [2.24, 2.45) is 0 Å². The number of carbonyl (C=O) groups is 2. The lowest BCUT2D eigenvalue weighted by molar-refractivity contribution is -0.121. The number of aryl methyl sites for hydroxylation is 1. The molecule has 1 atom stereocenters. The Balaban J connectivity index is 1.80. The maximum Gasteiger partial charge on any atom is 0.251 e. The molecule has 162 valence electrons. The first-order valence-corrected chi connectivity index (χ1v) is 11.3. The molecular formula is C27H33N2O2+. The van der Waals surface area contributed by atoms with E-state index in [1.165, 1.54) is 16.7 Å². The third-order valence-corrected chi connectivity index (χ3v) is 5.89. The Hall–Kier alpha value is -3.01. The van der Waals surface area contributed by atoms with Crippen LogP contribution in [0.4, 0.5) is 0 Å². The van der Waals surface area contributed by atoms with Gasteiger partial charge < -0.3 is 10.6 Å². The van der Waals surface area contributed by atoms with Gasteiger partial charge in [0, 0.05) is 24.4 Å². The van der Waals surface area contributed by atoms with Crippen molar-refractivity contribution in [3.8, 4) is 11.1 Å². The predicted octanol–water partition coefficient (Wildman–Crippen LogP) is 5.18. The number of rotatable bonds is 11. The van der Waals surface area contributed by atoms with Crippen LogP contribution in [0.25, 0.3) is 11.1 Å². The van der Waals surface area contributed by atoms with Gasteiger partial charge >= 0.3 is 0 Å². The largest absolute Gasteiger partial charge is 0.352 e. The Morgan fingerprint density at radius 2 is 1.97 bits per heavy atom.